The Morgan fingerprint density at radius 3 is 2.43 bits per heavy atom. The van der Waals surface area contributed by atoms with E-state index in [1.54, 1.807) is 11.9 Å². The van der Waals surface area contributed by atoms with E-state index in [2.05, 4.69) is 40.4 Å². The lowest BCUT2D eigenvalue weighted by atomic mass is 9.84. The lowest BCUT2D eigenvalue weighted by molar-refractivity contribution is -0.138. The number of aryl methyl sites for hydroxylation is 1. The summed E-state index contributed by atoms with van der Waals surface area (Å²) in [4.78, 5) is 21.0. The number of hydrogen-bond acceptors (Lipinski definition) is 3. The first kappa shape index (κ1) is 24.7. The lowest BCUT2D eigenvalue weighted by Gasteiger charge is -2.32. The van der Waals surface area contributed by atoms with Crippen molar-refractivity contribution in [2.45, 2.75) is 52.0 Å². The molecular formula is C20H37IN6O. The van der Waals surface area contributed by atoms with Crippen LogP contribution >= 0.6 is 24.0 Å². The van der Waals surface area contributed by atoms with Gasteiger partial charge in [-0.25, -0.2) is 0 Å². The monoisotopic (exact) mass is 504 g/mol. The summed E-state index contributed by atoms with van der Waals surface area (Å²) in [6.07, 6.45) is 6.19. The molecule has 7 nitrogen and oxygen atoms in total. The van der Waals surface area contributed by atoms with Gasteiger partial charge in [0.2, 0.25) is 5.91 Å². The number of carbonyl (C=O) groups is 1. The van der Waals surface area contributed by atoms with E-state index in [4.69, 9.17) is 0 Å². The van der Waals surface area contributed by atoms with Crippen LogP contribution in [0.2, 0.25) is 0 Å². The Morgan fingerprint density at radius 2 is 1.93 bits per heavy atom. The molecule has 2 rings (SSSR count). The number of nitrogens with one attached hydrogen (secondary N) is 1. The third kappa shape index (κ3) is 5.61. The number of carbonyl (C=O) groups excluding carboxylic acids is 1. The van der Waals surface area contributed by atoms with E-state index < -0.39 is 0 Å². The van der Waals surface area contributed by atoms with Crippen molar-refractivity contribution < 1.29 is 4.79 Å². The van der Waals surface area contributed by atoms with Crippen LogP contribution in [0.1, 0.15) is 56.7 Å². The molecule has 1 heterocycles. The van der Waals surface area contributed by atoms with Crippen molar-refractivity contribution in [3.8, 4) is 0 Å². The normalized spacial score (nSPS) is 16.1. The Kier molecular flexibility index (Phi) is 9.23. The zero-order valence-corrected chi connectivity index (χ0v) is 20.8. The van der Waals surface area contributed by atoms with Crippen molar-refractivity contribution in [3.63, 3.8) is 0 Å². The van der Waals surface area contributed by atoms with Crippen LogP contribution < -0.4 is 5.32 Å². The Balaban J connectivity index is 0.00000392. The van der Waals surface area contributed by atoms with Crippen molar-refractivity contribution in [2.75, 3.05) is 34.7 Å². The van der Waals surface area contributed by atoms with Gasteiger partial charge < -0.3 is 15.1 Å². The smallest absolute Gasteiger partial charge is 0.230 e. The molecular weight excluding hydrogens is 467 g/mol. The average molecular weight is 504 g/mol. The van der Waals surface area contributed by atoms with Gasteiger partial charge in [-0.05, 0) is 18.8 Å². The summed E-state index contributed by atoms with van der Waals surface area (Å²) >= 11 is 0. The number of hydrogen-bond donors (Lipinski definition) is 1. The van der Waals surface area contributed by atoms with Crippen molar-refractivity contribution in [3.05, 3.63) is 17.5 Å². The Hall–Kier alpha value is -1.32. The van der Waals surface area contributed by atoms with Crippen LogP contribution in [0.15, 0.2) is 11.2 Å². The van der Waals surface area contributed by atoms with Gasteiger partial charge in [-0.15, -0.1) is 24.0 Å². The number of rotatable bonds is 6. The van der Waals surface area contributed by atoms with Gasteiger partial charge in [0.05, 0.1) is 11.1 Å². The number of guanidine groups is 1. The Morgan fingerprint density at radius 1 is 1.32 bits per heavy atom. The van der Waals surface area contributed by atoms with E-state index in [1.807, 2.05) is 32.9 Å². The predicted octanol–water partition coefficient (Wildman–Crippen LogP) is 2.82. The van der Waals surface area contributed by atoms with Crippen molar-refractivity contribution in [1.29, 1.82) is 0 Å². The molecule has 0 spiro atoms. The highest BCUT2D eigenvalue weighted by Crippen LogP contribution is 2.39. The fourth-order valence-corrected chi connectivity index (χ4v) is 4.12. The molecule has 0 unspecified atom stereocenters. The third-order valence-electron chi connectivity index (χ3n) is 5.47. The molecule has 1 fully saturated rings. The summed E-state index contributed by atoms with van der Waals surface area (Å²) in [7, 11) is 9.47. The zero-order valence-electron chi connectivity index (χ0n) is 18.4. The van der Waals surface area contributed by atoms with E-state index >= 15 is 0 Å². The second-order valence-electron chi connectivity index (χ2n) is 8.31. The summed E-state index contributed by atoms with van der Waals surface area (Å²) < 4.78 is 1.87. The summed E-state index contributed by atoms with van der Waals surface area (Å²) in [5, 5.41) is 8.06. The van der Waals surface area contributed by atoms with Gasteiger partial charge >= 0.3 is 0 Å². The maximum Gasteiger partial charge on any atom is 0.230 e. The minimum atomic E-state index is -0.308. The van der Waals surface area contributed by atoms with Crippen LogP contribution in [0, 0.1) is 5.41 Å². The summed E-state index contributed by atoms with van der Waals surface area (Å²) in [6.45, 7) is 5.69. The molecule has 1 aromatic rings. The SMILES string of the molecule is CN=C(NCC1(C(=O)N(C)C)CCCC1)N(C)Cc1cn(C)nc1C(C)C.I. The highest BCUT2D eigenvalue weighted by atomic mass is 127. The first-order valence-electron chi connectivity index (χ1n) is 9.86. The molecule has 28 heavy (non-hydrogen) atoms. The third-order valence-corrected chi connectivity index (χ3v) is 5.47. The molecule has 160 valence electrons. The largest absolute Gasteiger partial charge is 0.355 e. The molecule has 1 saturated carbocycles. The Bertz CT molecular complexity index is 676. The highest BCUT2D eigenvalue weighted by molar-refractivity contribution is 14.0. The van der Waals surface area contributed by atoms with E-state index in [0.29, 0.717) is 12.5 Å². The second kappa shape index (κ2) is 10.5. The van der Waals surface area contributed by atoms with Gasteiger partial charge in [-0.2, -0.15) is 5.10 Å². The van der Waals surface area contributed by atoms with Crippen LogP contribution in [0.5, 0.6) is 0 Å². The standard InChI is InChI=1S/C20H36N6O.HI/c1-15(2)17-16(13-26(7)23-17)12-25(6)19(21-3)22-14-20(10-8-9-11-20)18(27)24(4)5;/h13,15H,8-12,14H2,1-7H3,(H,21,22);1H. The van der Waals surface area contributed by atoms with E-state index in [0.717, 1.165) is 43.9 Å². The summed E-state index contributed by atoms with van der Waals surface area (Å²) in [5.41, 5.74) is 2.02. The first-order chi connectivity index (χ1) is 12.7. The minimum Gasteiger partial charge on any atom is -0.355 e. The minimum absolute atomic E-state index is 0. The fraction of sp³-hybridized carbons (Fsp3) is 0.750. The van der Waals surface area contributed by atoms with Gasteiger partial charge in [0, 0.05) is 60.1 Å². The molecule has 0 aliphatic heterocycles. The molecule has 1 aromatic heterocycles. The van der Waals surface area contributed by atoms with E-state index in [1.165, 1.54) is 5.56 Å². The number of aliphatic imine (C=N–C) groups is 1. The maximum absolute atomic E-state index is 12.8. The fourth-order valence-electron chi connectivity index (χ4n) is 4.12. The first-order valence-corrected chi connectivity index (χ1v) is 9.86. The van der Waals surface area contributed by atoms with Gasteiger partial charge in [-0.1, -0.05) is 26.7 Å². The lowest BCUT2D eigenvalue weighted by Crippen LogP contribution is -2.49. The van der Waals surface area contributed by atoms with Gasteiger partial charge in [0.1, 0.15) is 0 Å². The number of nitrogens with zero attached hydrogens (tertiary/aromatic N) is 5. The van der Waals surface area contributed by atoms with Crippen molar-refractivity contribution >= 4 is 35.8 Å². The molecule has 0 saturated heterocycles. The van der Waals surface area contributed by atoms with Crippen LogP contribution in [-0.2, 0) is 18.4 Å². The molecule has 8 heteroatoms. The zero-order chi connectivity index (χ0) is 20.2. The molecule has 1 aliphatic carbocycles. The van der Waals surface area contributed by atoms with Gasteiger partial charge in [-0.3, -0.25) is 14.5 Å². The van der Waals surface area contributed by atoms with Crippen LogP contribution in [0.25, 0.3) is 0 Å². The quantitative estimate of drug-likeness (QED) is 0.368. The van der Waals surface area contributed by atoms with Crippen molar-refractivity contribution in [1.82, 2.24) is 24.9 Å². The molecule has 1 N–H and O–H groups in total. The topological polar surface area (TPSA) is 65.8 Å². The van der Waals surface area contributed by atoms with E-state index in [-0.39, 0.29) is 35.3 Å². The average Bonchev–Trinajstić information content (AvgIpc) is 3.22. The molecule has 0 bridgehead atoms. The molecule has 1 aliphatic rings. The molecule has 0 radical (unpaired) electrons. The number of halogens is 1. The van der Waals surface area contributed by atoms with Crippen LogP contribution in [0.4, 0.5) is 0 Å². The van der Waals surface area contributed by atoms with Crippen LogP contribution in [-0.4, -0.2) is 66.2 Å². The van der Waals surface area contributed by atoms with Crippen molar-refractivity contribution in [2.24, 2.45) is 17.5 Å². The second-order valence-corrected chi connectivity index (χ2v) is 8.31. The molecule has 0 atom stereocenters. The maximum atomic E-state index is 12.8. The highest BCUT2D eigenvalue weighted by Gasteiger charge is 2.42. The summed E-state index contributed by atoms with van der Waals surface area (Å²) in [6, 6.07) is 0. The number of amides is 1. The Labute approximate surface area is 187 Å². The van der Waals surface area contributed by atoms with E-state index in [9.17, 15) is 4.79 Å². The number of aromatic nitrogens is 2. The van der Waals surface area contributed by atoms with Gasteiger partial charge in [0.25, 0.3) is 0 Å². The molecule has 1 amide bonds. The summed E-state index contributed by atoms with van der Waals surface area (Å²) in [5.74, 6) is 1.41. The molecule has 0 aromatic carbocycles. The predicted molar refractivity (Wildman–Crippen MR) is 125 cm³/mol. The van der Waals surface area contributed by atoms with Gasteiger partial charge in [0.15, 0.2) is 5.96 Å². The van der Waals surface area contributed by atoms with Crippen LogP contribution in [0.3, 0.4) is 0 Å².